The molecule has 0 spiro atoms. The first-order valence-corrected chi connectivity index (χ1v) is 11.4. The van der Waals surface area contributed by atoms with Gasteiger partial charge in [-0.05, 0) is 33.1 Å². The molecule has 11 nitrogen and oxygen atoms in total. The Morgan fingerprint density at radius 3 is 2.56 bits per heavy atom. The highest BCUT2D eigenvalue weighted by atomic mass is 16.5. The number of aromatic nitrogens is 4. The van der Waals surface area contributed by atoms with Crippen LogP contribution in [0.5, 0.6) is 0 Å². The third-order valence-electron chi connectivity index (χ3n) is 5.71. The lowest BCUT2D eigenvalue weighted by molar-refractivity contribution is -0.122. The van der Waals surface area contributed by atoms with Crippen LogP contribution in [0, 0.1) is 13.8 Å². The maximum atomic E-state index is 12.7. The summed E-state index contributed by atoms with van der Waals surface area (Å²) in [6.45, 7) is 9.97. The maximum absolute atomic E-state index is 12.7. The topological polar surface area (TPSA) is 144 Å². The Morgan fingerprint density at radius 2 is 1.97 bits per heavy atom. The Labute approximate surface area is 197 Å². The van der Waals surface area contributed by atoms with E-state index in [1.54, 1.807) is 13.8 Å². The van der Waals surface area contributed by atoms with Crippen molar-refractivity contribution in [2.45, 2.75) is 66.1 Å². The number of nitrogens with one attached hydrogen (secondary N) is 2. The maximum Gasteiger partial charge on any atom is 0.290 e. The summed E-state index contributed by atoms with van der Waals surface area (Å²) in [4.78, 5) is 30.2. The number of carboxylic acid groups (broad SMARTS) is 1. The predicted octanol–water partition coefficient (Wildman–Crippen LogP) is 2.84. The van der Waals surface area contributed by atoms with Crippen LogP contribution in [0.15, 0.2) is 10.6 Å². The number of carbonyl (C=O) groups is 2. The van der Waals surface area contributed by atoms with Crippen molar-refractivity contribution in [2.24, 2.45) is 0 Å². The summed E-state index contributed by atoms with van der Waals surface area (Å²) >= 11 is 0. The van der Waals surface area contributed by atoms with Crippen LogP contribution in [-0.4, -0.2) is 56.5 Å². The molecule has 0 radical (unpaired) electrons. The number of pyridine rings is 1. The third-order valence-corrected chi connectivity index (χ3v) is 5.71. The molecule has 4 heterocycles. The fourth-order valence-electron chi connectivity index (χ4n) is 4.09. The van der Waals surface area contributed by atoms with Crippen LogP contribution in [0.1, 0.15) is 60.1 Å². The number of oxazole rings is 1. The van der Waals surface area contributed by atoms with Crippen molar-refractivity contribution in [1.29, 1.82) is 0 Å². The second kappa shape index (κ2) is 11.6. The largest absolute Gasteiger partial charge is 0.483 e. The van der Waals surface area contributed by atoms with Crippen LogP contribution < -0.4 is 10.6 Å². The first-order valence-electron chi connectivity index (χ1n) is 11.4. The first-order chi connectivity index (χ1) is 16.4. The highest BCUT2D eigenvalue weighted by Gasteiger charge is 2.23. The van der Waals surface area contributed by atoms with E-state index in [0.29, 0.717) is 24.2 Å². The van der Waals surface area contributed by atoms with Crippen LogP contribution in [0.4, 0.5) is 5.69 Å². The number of hydrogen-bond acceptors (Lipinski definition) is 8. The van der Waals surface area contributed by atoms with Gasteiger partial charge in [0.1, 0.15) is 0 Å². The molecule has 4 rings (SSSR count). The van der Waals surface area contributed by atoms with E-state index in [4.69, 9.17) is 24.0 Å². The van der Waals surface area contributed by atoms with E-state index in [-0.39, 0.29) is 18.1 Å². The smallest absolute Gasteiger partial charge is 0.290 e. The van der Waals surface area contributed by atoms with Gasteiger partial charge >= 0.3 is 0 Å². The van der Waals surface area contributed by atoms with Gasteiger partial charge in [-0.2, -0.15) is 5.10 Å². The molecule has 0 aliphatic carbocycles. The molecule has 3 aromatic rings. The summed E-state index contributed by atoms with van der Waals surface area (Å²) in [7, 11) is 0. The number of rotatable bonds is 7. The fraction of sp³-hybridized carbons (Fsp3) is 0.522. The van der Waals surface area contributed by atoms with Gasteiger partial charge in [0.25, 0.3) is 12.4 Å². The Morgan fingerprint density at radius 1 is 1.26 bits per heavy atom. The van der Waals surface area contributed by atoms with Gasteiger partial charge in [0.2, 0.25) is 5.76 Å². The summed E-state index contributed by atoms with van der Waals surface area (Å²) in [5.41, 5.74) is 4.39. The first kappa shape index (κ1) is 25.2. The SMILES string of the molecule is CCc1nc2c(cnn2CC)c(NC2CCOCC2)c1CNC(=O)c1oc(C)nc1C.O=CO. The van der Waals surface area contributed by atoms with Gasteiger partial charge in [-0.3, -0.25) is 9.59 Å². The molecule has 3 N–H and O–H groups in total. The minimum Gasteiger partial charge on any atom is -0.483 e. The van der Waals surface area contributed by atoms with Crippen molar-refractivity contribution >= 4 is 29.1 Å². The van der Waals surface area contributed by atoms with Gasteiger partial charge in [0.15, 0.2) is 11.5 Å². The minimum atomic E-state index is -0.276. The molecule has 34 heavy (non-hydrogen) atoms. The fourth-order valence-corrected chi connectivity index (χ4v) is 4.09. The number of aryl methyl sites for hydroxylation is 4. The summed E-state index contributed by atoms with van der Waals surface area (Å²) < 4.78 is 12.9. The molecule has 1 aliphatic rings. The lowest BCUT2D eigenvalue weighted by atomic mass is 10.0. The molecule has 1 saturated heterocycles. The number of fused-ring (bicyclic) bond motifs is 1. The molecule has 0 unspecified atom stereocenters. The second-order valence-electron chi connectivity index (χ2n) is 7.93. The molecule has 0 saturated carbocycles. The Hall–Kier alpha value is -3.47. The molecule has 1 fully saturated rings. The average molecular weight is 473 g/mol. The van der Waals surface area contributed by atoms with Gasteiger partial charge in [-0.15, -0.1) is 0 Å². The lowest BCUT2D eigenvalue weighted by Crippen LogP contribution is -2.30. The van der Waals surface area contributed by atoms with E-state index < -0.39 is 0 Å². The zero-order valence-corrected chi connectivity index (χ0v) is 20.1. The highest BCUT2D eigenvalue weighted by Crippen LogP contribution is 2.31. The molecule has 1 amide bonds. The van der Waals surface area contributed by atoms with Crippen molar-refractivity contribution in [3.63, 3.8) is 0 Å². The van der Waals surface area contributed by atoms with Gasteiger partial charge in [-0.1, -0.05) is 6.92 Å². The standard InChI is InChI=1S/C22H30N6O3.CH2O2/c1-5-18-16(11-23-22(29)20-13(3)25-14(4)31-20)19(26-15-7-9-30-10-8-15)17-12-24-28(6-2)21(17)27-18;2-1-3/h12,15H,5-11H2,1-4H3,(H,23,29)(H,26,27);1H,(H,2,3). The molecule has 0 aromatic carbocycles. The number of anilines is 1. The predicted molar refractivity (Wildman–Crippen MR) is 126 cm³/mol. The molecular weight excluding hydrogens is 440 g/mol. The minimum absolute atomic E-state index is 0.250. The summed E-state index contributed by atoms with van der Waals surface area (Å²) in [6.07, 6.45) is 4.49. The summed E-state index contributed by atoms with van der Waals surface area (Å²) in [5, 5.41) is 19.1. The molecule has 1 aliphatic heterocycles. The molecule has 11 heteroatoms. The Kier molecular flexibility index (Phi) is 8.58. The van der Waals surface area contributed by atoms with Gasteiger partial charge in [0.05, 0.1) is 23.0 Å². The highest BCUT2D eigenvalue weighted by molar-refractivity contribution is 5.94. The monoisotopic (exact) mass is 472 g/mol. The van der Waals surface area contributed by atoms with Crippen LogP contribution in [0.25, 0.3) is 11.0 Å². The number of amides is 1. The second-order valence-corrected chi connectivity index (χ2v) is 7.93. The van der Waals surface area contributed by atoms with Crippen LogP contribution in [0.2, 0.25) is 0 Å². The Bertz CT molecular complexity index is 1130. The number of carbonyl (C=O) groups excluding carboxylic acids is 1. The molecular formula is C23H32N6O5. The van der Waals surface area contributed by atoms with E-state index >= 15 is 0 Å². The average Bonchev–Trinajstić information content (AvgIpc) is 3.40. The number of ether oxygens (including phenoxy) is 1. The Balaban J connectivity index is 0.00000103. The third kappa shape index (κ3) is 5.53. The van der Waals surface area contributed by atoms with Crippen molar-refractivity contribution in [1.82, 2.24) is 25.1 Å². The van der Waals surface area contributed by atoms with Gasteiger partial charge < -0.3 is 24.9 Å². The zero-order valence-electron chi connectivity index (χ0n) is 20.1. The normalized spacial score (nSPS) is 13.9. The summed E-state index contributed by atoms with van der Waals surface area (Å²) in [6, 6.07) is 0.308. The van der Waals surface area contributed by atoms with Crippen molar-refractivity contribution in [3.8, 4) is 0 Å². The van der Waals surface area contributed by atoms with Gasteiger partial charge in [-0.25, -0.2) is 14.6 Å². The van der Waals surface area contributed by atoms with E-state index in [1.165, 1.54) is 0 Å². The van der Waals surface area contributed by atoms with Crippen molar-refractivity contribution in [3.05, 3.63) is 34.8 Å². The zero-order chi connectivity index (χ0) is 24.7. The molecule has 0 atom stereocenters. The van der Waals surface area contributed by atoms with E-state index in [9.17, 15) is 4.79 Å². The molecule has 184 valence electrons. The van der Waals surface area contributed by atoms with Crippen molar-refractivity contribution in [2.75, 3.05) is 18.5 Å². The molecule has 3 aromatic heterocycles. The molecule has 0 bridgehead atoms. The number of hydrogen-bond donors (Lipinski definition) is 3. The quantitative estimate of drug-likeness (QED) is 0.442. The van der Waals surface area contributed by atoms with Gasteiger partial charge in [0, 0.05) is 50.5 Å². The van der Waals surface area contributed by atoms with Crippen LogP contribution in [0.3, 0.4) is 0 Å². The van der Waals surface area contributed by atoms with E-state index in [1.807, 2.05) is 10.9 Å². The number of nitrogens with zero attached hydrogens (tertiary/aromatic N) is 4. The summed E-state index contributed by atoms with van der Waals surface area (Å²) in [5.74, 6) is 0.456. The van der Waals surface area contributed by atoms with Crippen LogP contribution >= 0.6 is 0 Å². The lowest BCUT2D eigenvalue weighted by Gasteiger charge is -2.26. The van der Waals surface area contributed by atoms with E-state index in [2.05, 4.69) is 34.6 Å². The van der Waals surface area contributed by atoms with Crippen LogP contribution in [-0.2, 0) is 29.0 Å². The van der Waals surface area contributed by atoms with Crippen molar-refractivity contribution < 1.29 is 23.8 Å². The van der Waals surface area contributed by atoms with E-state index in [0.717, 1.165) is 67.0 Å².